The van der Waals surface area contributed by atoms with E-state index in [9.17, 15) is 4.79 Å². The van der Waals surface area contributed by atoms with Gasteiger partial charge in [0.2, 0.25) is 0 Å². The molecule has 6 nitrogen and oxygen atoms in total. The molecule has 1 aromatic carbocycles. The van der Waals surface area contributed by atoms with Crippen LogP contribution in [0.2, 0.25) is 5.02 Å². The van der Waals surface area contributed by atoms with Crippen molar-refractivity contribution < 1.29 is 9.53 Å². The van der Waals surface area contributed by atoms with E-state index in [1.807, 2.05) is 0 Å². The highest BCUT2D eigenvalue weighted by molar-refractivity contribution is 6.30. The van der Waals surface area contributed by atoms with Gasteiger partial charge < -0.3 is 10.1 Å². The standard InChI is InChI=1S/C12H15ClN4O2/c1-2-19-12(18)11(15-7-8-16-17-14)9-3-5-10(13)6-4-9/h3-6,11,15H,2,7-8H2,1H3. The number of hydrogen-bond acceptors (Lipinski definition) is 4. The molecule has 0 heterocycles. The van der Waals surface area contributed by atoms with Crippen molar-refractivity contribution in [3.63, 3.8) is 0 Å². The molecule has 0 aliphatic rings. The van der Waals surface area contributed by atoms with E-state index in [-0.39, 0.29) is 12.5 Å². The third-order valence-corrected chi connectivity index (χ3v) is 2.60. The number of azide groups is 1. The summed E-state index contributed by atoms with van der Waals surface area (Å²) in [5, 5.41) is 6.99. The lowest BCUT2D eigenvalue weighted by atomic mass is 10.1. The number of halogens is 1. The normalized spacial score (nSPS) is 11.5. The van der Waals surface area contributed by atoms with Gasteiger partial charge in [-0.25, -0.2) is 4.79 Å². The molecule has 0 bridgehead atoms. The molecule has 1 unspecified atom stereocenters. The zero-order valence-electron chi connectivity index (χ0n) is 10.5. The minimum atomic E-state index is -0.592. The Morgan fingerprint density at radius 2 is 2.21 bits per heavy atom. The number of nitrogens with zero attached hydrogens (tertiary/aromatic N) is 3. The van der Waals surface area contributed by atoms with E-state index in [2.05, 4.69) is 15.3 Å². The minimum Gasteiger partial charge on any atom is -0.465 e. The Labute approximate surface area is 116 Å². The van der Waals surface area contributed by atoms with E-state index >= 15 is 0 Å². The van der Waals surface area contributed by atoms with Crippen LogP contribution in [0.4, 0.5) is 0 Å². The maximum absolute atomic E-state index is 11.9. The van der Waals surface area contributed by atoms with Gasteiger partial charge in [-0.2, -0.15) is 0 Å². The molecule has 0 radical (unpaired) electrons. The largest absolute Gasteiger partial charge is 0.465 e. The number of ether oxygens (including phenoxy) is 1. The second-order valence-corrected chi connectivity index (χ2v) is 4.08. The van der Waals surface area contributed by atoms with E-state index in [0.29, 0.717) is 18.2 Å². The summed E-state index contributed by atoms with van der Waals surface area (Å²) in [7, 11) is 0. The molecule has 0 fully saturated rings. The van der Waals surface area contributed by atoms with E-state index in [0.717, 1.165) is 5.56 Å². The molecular weight excluding hydrogens is 268 g/mol. The van der Waals surface area contributed by atoms with Gasteiger partial charge in [0, 0.05) is 23.0 Å². The summed E-state index contributed by atoms with van der Waals surface area (Å²) < 4.78 is 5.01. The summed E-state index contributed by atoms with van der Waals surface area (Å²) in [6.07, 6.45) is 0. The third-order valence-electron chi connectivity index (χ3n) is 2.35. The first-order valence-corrected chi connectivity index (χ1v) is 6.23. The van der Waals surface area contributed by atoms with Gasteiger partial charge in [-0.1, -0.05) is 28.8 Å². The molecule has 19 heavy (non-hydrogen) atoms. The third kappa shape index (κ3) is 5.18. The second-order valence-electron chi connectivity index (χ2n) is 3.65. The summed E-state index contributed by atoms with van der Waals surface area (Å²) >= 11 is 5.81. The predicted molar refractivity (Wildman–Crippen MR) is 72.8 cm³/mol. The first-order chi connectivity index (χ1) is 9.19. The number of esters is 1. The van der Waals surface area contributed by atoms with E-state index in [1.165, 1.54) is 0 Å². The lowest BCUT2D eigenvalue weighted by Gasteiger charge is -2.17. The lowest BCUT2D eigenvalue weighted by Crippen LogP contribution is -2.31. The highest BCUT2D eigenvalue weighted by atomic mass is 35.5. The van der Waals surface area contributed by atoms with Crippen LogP contribution in [0.3, 0.4) is 0 Å². The smallest absolute Gasteiger partial charge is 0.327 e. The molecule has 0 aromatic heterocycles. The fourth-order valence-electron chi connectivity index (χ4n) is 1.52. The fourth-order valence-corrected chi connectivity index (χ4v) is 1.65. The molecule has 0 amide bonds. The zero-order chi connectivity index (χ0) is 14.1. The highest BCUT2D eigenvalue weighted by Gasteiger charge is 2.20. The molecule has 102 valence electrons. The Bertz CT molecular complexity index is 457. The molecule has 1 atom stereocenters. The molecule has 1 aromatic rings. The first-order valence-electron chi connectivity index (χ1n) is 5.85. The summed E-state index contributed by atoms with van der Waals surface area (Å²) in [4.78, 5) is 14.5. The van der Waals surface area contributed by atoms with Crippen molar-refractivity contribution in [1.29, 1.82) is 0 Å². The van der Waals surface area contributed by atoms with Gasteiger partial charge in [0.15, 0.2) is 0 Å². The molecule has 0 aliphatic heterocycles. The number of benzene rings is 1. The Hall–Kier alpha value is -1.75. The van der Waals surface area contributed by atoms with Crippen LogP contribution in [0, 0.1) is 0 Å². The molecule has 1 rings (SSSR count). The number of carbonyl (C=O) groups is 1. The van der Waals surface area contributed by atoms with E-state index in [4.69, 9.17) is 21.9 Å². The number of rotatable bonds is 7. The molecule has 7 heteroatoms. The summed E-state index contributed by atoms with van der Waals surface area (Å²) in [5.74, 6) is -0.370. The second kappa shape index (κ2) is 8.37. The average molecular weight is 283 g/mol. The van der Waals surface area contributed by atoms with Crippen molar-refractivity contribution in [2.45, 2.75) is 13.0 Å². The number of nitrogens with one attached hydrogen (secondary N) is 1. The van der Waals surface area contributed by atoms with Crippen LogP contribution >= 0.6 is 11.6 Å². The quantitative estimate of drug-likeness (QED) is 0.274. The van der Waals surface area contributed by atoms with Crippen LogP contribution in [0.1, 0.15) is 18.5 Å². The van der Waals surface area contributed by atoms with Crippen LogP contribution in [-0.2, 0) is 9.53 Å². The van der Waals surface area contributed by atoms with Crippen molar-refractivity contribution in [2.24, 2.45) is 5.11 Å². The van der Waals surface area contributed by atoms with Crippen LogP contribution in [0.25, 0.3) is 10.4 Å². The van der Waals surface area contributed by atoms with Crippen molar-refractivity contribution in [1.82, 2.24) is 5.32 Å². The Morgan fingerprint density at radius 1 is 1.53 bits per heavy atom. The Kier molecular flexibility index (Phi) is 6.74. The van der Waals surface area contributed by atoms with E-state index in [1.54, 1.807) is 31.2 Å². The van der Waals surface area contributed by atoms with Gasteiger partial charge in [0.25, 0.3) is 0 Å². The van der Waals surface area contributed by atoms with Crippen molar-refractivity contribution in [3.8, 4) is 0 Å². The van der Waals surface area contributed by atoms with Crippen molar-refractivity contribution in [2.75, 3.05) is 19.7 Å². The van der Waals surface area contributed by atoms with Gasteiger partial charge >= 0.3 is 5.97 Å². The molecule has 0 spiro atoms. The molecule has 0 saturated heterocycles. The van der Waals surface area contributed by atoms with Crippen molar-refractivity contribution >= 4 is 17.6 Å². The van der Waals surface area contributed by atoms with Gasteiger partial charge in [-0.3, -0.25) is 0 Å². The SMILES string of the molecule is CCOC(=O)C(NCCN=[N+]=[N-])c1ccc(Cl)cc1. The summed E-state index contributed by atoms with van der Waals surface area (Å²) in [5.41, 5.74) is 8.95. The topological polar surface area (TPSA) is 87.1 Å². The zero-order valence-corrected chi connectivity index (χ0v) is 11.3. The van der Waals surface area contributed by atoms with Crippen molar-refractivity contribution in [3.05, 3.63) is 45.3 Å². The first kappa shape index (κ1) is 15.3. The molecule has 0 aliphatic carbocycles. The average Bonchev–Trinajstić information content (AvgIpc) is 2.40. The highest BCUT2D eigenvalue weighted by Crippen LogP contribution is 2.17. The summed E-state index contributed by atoms with van der Waals surface area (Å²) in [6, 6.07) is 6.33. The van der Waals surface area contributed by atoms with Gasteiger partial charge in [-0.05, 0) is 30.2 Å². The molecular formula is C12H15ClN4O2. The van der Waals surface area contributed by atoms with Gasteiger partial charge in [-0.15, -0.1) is 0 Å². The Morgan fingerprint density at radius 3 is 2.79 bits per heavy atom. The maximum atomic E-state index is 11.9. The number of hydrogen-bond donors (Lipinski definition) is 1. The van der Waals surface area contributed by atoms with Gasteiger partial charge in [0.05, 0.1) is 6.61 Å². The molecule has 1 N–H and O–H groups in total. The fraction of sp³-hybridized carbons (Fsp3) is 0.417. The van der Waals surface area contributed by atoms with Crippen LogP contribution in [0.5, 0.6) is 0 Å². The predicted octanol–water partition coefficient (Wildman–Crippen LogP) is 2.84. The minimum absolute atomic E-state index is 0.264. The van der Waals surface area contributed by atoms with Crippen LogP contribution in [0.15, 0.2) is 29.4 Å². The lowest BCUT2D eigenvalue weighted by molar-refractivity contribution is -0.145. The van der Waals surface area contributed by atoms with Crippen LogP contribution in [-0.4, -0.2) is 25.7 Å². The summed E-state index contributed by atoms with van der Waals surface area (Å²) in [6.45, 7) is 2.70. The number of carbonyl (C=O) groups excluding carboxylic acids is 1. The Balaban J connectivity index is 2.76. The maximum Gasteiger partial charge on any atom is 0.327 e. The van der Waals surface area contributed by atoms with Gasteiger partial charge in [0.1, 0.15) is 6.04 Å². The van der Waals surface area contributed by atoms with E-state index < -0.39 is 6.04 Å². The van der Waals surface area contributed by atoms with Crippen LogP contribution < -0.4 is 5.32 Å². The monoisotopic (exact) mass is 282 g/mol. The molecule has 0 saturated carbocycles.